The van der Waals surface area contributed by atoms with E-state index >= 15 is 0 Å². The summed E-state index contributed by atoms with van der Waals surface area (Å²) >= 11 is 0. The van der Waals surface area contributed by atoms with Crippen LogP contribution >= 0.6 is 0 Å². The van der Waals surface area contributed by atoms with E-state index in [0.717, 1.165) is 0 Å². The van der Waals surface area contributed by atoms with Crippen molar-refractivity contribution in [1.82, 2.24) is 25.1 Å². The molecule has 1 amide bonds. The largest absolute Gasteiger partial charge is 0.479 e. The molecule has 0 aliphatic heterocycles. The lowest BCUT2D eigenvalue weighted by Crippen LogP contribution is -2.55. The molecule has 2 heterocycles. The van der Waals surface area contributed by atoms with Crippen molar-refractivity contribution in [2.24, 2.45) is 0 Å². The van der Waals surface area contributed by atoms with Crippen LogP contribution in [0.3, 0.4) is 0 Å². The van der Waals surface area contributed by atoms with Gasteiger partial charge in [-0.05, 0) is 19.1 Å². The Hall–Kier alpha value is -2.81. The van der Waals surface area contributed by atoms with E-state index in [0.29, 0.717) is 5.82 Å². The van der Waals surface area contributed by atoms with Gasteiger partial charge in [0.05, 0.1) is 12.2 Å². The van der Waals surface area contributed by atoms with Gasteiger partial charge in [-0.25, -0.2) is 19.4 Å². The normalized spacial score (nSPS) is 13.4. The van der Waals surface area contributed by atoms with Gasteiger partial charge in [0.1, 0.15) is 12.7 Å². The number of amides is 1. The predicted octanol–water partition coefficient (Wildman–Crippen LogP) is -0.118. The van der Waals surface area contributed by atoms with Gasteiger partial charge in [-0.1, -0.05) is 0 Å². The second-order valence-corrected chi connectivity index (χ2v) is 4.77. The minimum Gasteiger partial charge on any atom is -0.479 e. The Bertz CT molecular complexity index is 656. The molecule has 1 atom stereocenters. The van der Waals surface area contributed by atoms with Crippen LogP contribution in [0.25, 0.3) is 5.82 Å². The van der Waals surface area contributed by atoms with Gasteiger partial charge in [0, 0.05) is 13.3 Å². The van der Waals surface area contributed by atoms with E-state index in [9.17, 15) is 14.7 Å². The maximum absolute atomic E-state index is 12.1. The van der Waals surface area contributed by atoms with Crippen molar-refractivity contribution in [1.29, 1.82) is 0 Å². The van der Waals surface area contributed by atoms with E-state index in [1.165, 1.54) is 43.6 Å². The summed E-state index contributed by atoms with van der Waals surface area (Å²) < 4.78 is 6.28. The molecule has 0 fully saturated rings. The summed E-state index contributed by atoms with van der Waals surface area (Å²) in [5.41, 5.74) is -1.29. The topological polar surface area (TPSA) is 119 Å². The maximum Gasteiger partial charge on any atom is 0.331 e. The predicted molar refractivity (Wildman–Crippen MR) is 74.5 cm³/mol. The molecule has 0 radical (unpaired) electrons. The number of pyridine rings is 1. The standard InChI is InChI=1S/C13H15N5O4/c1-13(6-22-2,12(20)21)17-11(19)9-3-4-10(15-5-9)18-8-14-7-16-18/h3-5,7-8H,6H2,1-2H3,(H,17,19)(H,20,21). The smallest absolute Gasteiger partial charge is 0.331 e. The average molecular weight is 305 g/mol. The van der Waals surface area contributed by atoms with E-state index in [4.69, 9.17) is 4.74 Å². The number of hydrogen-bond donors (Lipinski definition) is 2. The number of hydrogen-bond acceptors (Lipinski definition) is 6. The summed E-state index contributed by atoms with van der Waals surface area (Å²) in [5, 5.41) is 15.5. The van der Waals surface area contributed by atoms with Crippen molar-refractivity contribution < 1.29 is 19.4 Å². The van der Waals surface area contributed by atoms with Crippen LogP contribution in [0.5, 0.6) is 0 Å². The molecule has 9 nitrogen and oxygen atoms in total. The van der Waals surface area contributed by atoms with Crippen LogP contribution in [0, 0.1) is 0 Å². The summed E-state index contributed by atoms with van der Waals surface area (Å²) in [6.07, 6.45) is 4.18. The SMILES string of the molecule is COCC(C)(NC(=O)c1ccc(-n2cncn2)nc1)C(=O)O. The summed E-state index contributed by atoms with van der Waals surface area (Å²) in [6.45, 7) is 1.21. The lowest BCUT2D eigenvalue weighted by atomic mass is 10.0. The first-order valence-electron chi connectivity index (χ1n) is 6.32. The third-order valence-electron chi connectivity index (χ3n) is 2.96. The molecular formula is C13H15N5O4. The number of aliphatic carboxylic acids is 1. The molecule has 0 spiro atoms. The van der Waals surface area contributed by atoms with Crippen LogP contribution in [-0.2, 0) is 9.53 Å². The molecule has 0 aliphatic carbocycles. The van der Waals surface area contributed by atoms with Gasteiger partial charge in [0.2, 0.25) is 0 Å². The molecule has 1 unspecified atom stereocenters. The van der Waals surface area contributed by atoms with Crippen molar-refractivity contribution in [3.8, 4) is 5.82 Å². The highest BCUT2D eigenvalue weighted by molar-refractivity contribution is 5.97. The van der Waals surface area contributed by atoms with E-state index < -0.39 is 17.4 Å². The molecule has 0 bridgehead atoms. The van der Waals surface area contributed by atoms with Crippen LogP contribution < -0.4 is 5.32 Å². The Morgan fingerprint density at radius 2 is 2.23 bits per heavy atom. The molecule has 0 aliphatic rings. The molecule has 9 heteroatoms. The molecule has 0 saturated carbocycles. The van der Waals surface area contributed by atoms with Crippen molar-refractivity contribution in [3.05, 3.63) is 36.5 Å². The van der Waals surface area contributed by atoms with E-state index in [1.807, 2.05) is 0 Å². The molecule has 2 N–H and O–H groups in total. The first kappa shape index (κ1) is 15.6. The van der Waals surface area contributed by atoms with Crippen LogP contribution in [0.15, 0.2) is 31.0 Å². The zero-order valence-electron chi connectivity index (χ0n) is 12.1. The number of aromatic nitrogens is 4. The highest BCUT2D eigenvalue weighted by atomic mass is 16.5. The number of nitrogens with zero attached hydrogens (tertiary/aromatic N) is 4. The number of carboxylic acid groups (broad SMARTS) is 1. The first-order chi connectivity index (χ1) is 10.5. The van der Waals surface area contributed by atoms with Gasteiger partial charge in [0.25, 0.3) is 5.91 Å². The molecule has 22 heavy (non-hydrogen) atoms. The Labute approximate surface area is 126 Å². The van der Waals surface area contributed by atoms with Crippen LogP contribution in [0.1, 0.15) is 17.3 Å². The monoisotopic (exact) mass is 305 g/mol. The highest BCUT2D eigenvalue weighted by Crippen LogP contribution is 2.09. The minimum absolute atomic E-state index is 0.154. The number of nitrogens with one attached hydrogen (secondary N) is 1. The van der Waals surface area contributed by atoms with Crippen molar-refractivity contribution in [2.75, 3.05) is 13.7 Å². The third kappa shape index (κ3) is 3.26. The number of carbonyl (C=O) groups excluding carboxylic acids is 1. The molecular weight excluding hydrogens is 290 g/mol. The number of ether oxygens (including phenoxy) is 1. The van der Waals surface area contributed by atoms with Crippen molar-refractivity contribution in [2.45, 2.75) is 12.5 Å². The summed E-state index contributed by atoms with van der Waals surface area (Å²) in [7, 11) is 1.36. The van der Waals surface area contributed by atoms with Gasteiger partial charge in [-0.15, -0.1) is 0 Å². The van der Waals surface area contributed by atoms with Gasteiger partial charge < -0.3 is 15.2 Å². The lowest BCUT2D eigenvalue weighted by Gasteiger charge is -2.25. The Morgan fingerprint density at radius 1 is 1.45 bits per heavy atom. The van der Waals surface area contributed by atoms with Crippen LogP contribution in [0.2, 0.25) is 0 Å². The van der Waals surface area contributed by atoms with Crippen LogP contribution in [0.4, 0.5) is 0 Å². The second kappa shape index (κ2) is 6.31. The van der Waals surface area contributed by atoms with Gasteiger partial charge in [-0.3, -0.25) is 4.79 Å². The van der Waals surface area contributed by atoms with E-state index in [-0.39, 0.29) is 12.2 Å². The van der Waals surface area contributed by atoms with Gasteiger partial charge >= 0.3 is 5.97 Å². The minimum atomic E-state index is -1.52. The molecule has 0 aromatic carbocycles. The highest BCUT2D eigenvalue weighted by Gasteiger charge is 2.35. The molecule has 2 rings (SSSR count). The summed E-state index contributed by atoms with van der Waals surface area (Å²) in [6, 6.07) is 3.10. The number of carboxylic acids is 1. The zero-order chi connectivity index (χ0) is 16.2. The maximum atomic E-state index is 12.1. The third-order valence-corrected chi connectivity index (χ3v) is 2.96. The number of methoxy groups -OCH3 is 1. The quantitative estimate of drug-likeness (QED) is 0.763. The summed E-state index contributed by atoms with van der Waals surface area (Å²) in [4.78, 5) is 31.3. The van der Waals surface area contributed by atoms with Gasteiger partial charge in [-0.2, -0.15) is 5.10 Å². The summed E-state index contributed by atoms with van der Waals surface area (Å²) in [5.74, 6) is -1.25. The van der Waals surface area contributed by atoms with Crippen molar-refractivity contribution >= 4 is 11.9 Å². The number of rotatable bonds is 6. The van der Waals surface area contributed by atoms with Gasteiger partial charge in [0.15, 0.2) is 11.4 Å². The fourth-order valence-corrected chi connectivity index (χ4v) is 1.75. The number of carbonyl (C=O) groups is 2. The average Bonchev–Trinajstić information content (AvgIpc) is 3.01. The molecule has 2 aromatic heterocycles. The fourth-order valence-electron chi connectivity index (χ4n) is 1.75. The second-order valence-electron chi connectivity index (χ2n) is 4.77. The molecule has 2 aromatic rings. The fraction of sp³-hybridized carbons (Fsp3) is 0.308. The molecule has 116 valence electrons. The lowest BCUT2D eigenvalue weighted by molar-refractivity contribution is -0.145. The van der Waals surface area contributed by atoms with E-state index in [1.54, 1.807) is 6.07 Å². The first-order valence-corrected chi connectivity index (χ1v) is 6.32. The molecule has 0 saturated heterocycles. The Morgan fingerprint density at radius 3 is 2.73 bits per heavy atom. The van der Waals surface area contributed by atoms with Crippen molar-refractivity contribution in [3.63, 3.8) is 0 Å². The zero-order valence-corrected chi connectivity index (χ0v) is 12.1. The van der Waals surface area contributed by atoms with E-state index in [2.05, 4.69) is 20.4 Å². The Balaban J connectivity index is 2.14. The Kier molecular flexibility index (Phi) is 4.47. The van der Waals surface area contributed by atoms with Crippen LogP contribution in [-0.4, -0.2) is 56.0 Å².